The molecule has 0 spiro atoms. The quantitative estimate of drug-likeness (QED) is 0.0205. The Bertz CT molecular complexity index is 1560. The minimum atomic E-state index is -4.46. The second-order valence-electron chi connectivity index (χ2n) is 21.9. The third-order valence-electron chi connectivity index (χ3n) is 13.3. The first-order valence-electron chi connectivity index (χ1n) is 30.9. The molecular weight excluding hydrogens is 952 g/mol. The average Bonchev–Trinajstić information content (AvgIpc) is 3.37. The topological polar surface area (TPSA) is 111 Å². The van der Waals surface area contributed by atoms with E-state index in [1.54, 1.807) is 0 Å². The Balaban J connectivity index is 5.38. The Morgan fingerprint density at radius 2 is 0.813 bits per heavy atom. The molecule has 1 amide bonds. The van der Waals surface area contributed by atoms with Gasteiger partial charge >= 0.3 is 13.8 Å². The van der Waals surface area contributed by atoms with E-state index in [9.17, 15) is 19.0 Å². The molecule has 0 rings (SSSR count). The number of quaternary nitrogens is 1. The van der Waals surface area contributed by atoms with Gasteiger partial charge < -0.3 is 19.4 Å². The van der Waals surface area contributed by atoms with Crippen LogP contribution in [0.1, 0.15) is 265 Å². The van der Waals surface area contributed by atoms with Gasteiger partial charge in [-0.25, -0.2) is 4.57 Å². The number of hydrogen-bond acceptors (Lipinski definition) is 6. The number of phosphoric acid groups is 1. The highest BCUT2D eigenvalue weighted by atomic mass is 31.2. The molecule has 0 aromatic heterocycles. The summed E-state index contributed by atoms with van der Waals surface area (Å²) in [4.78, 5) is 37.7. The number of carbonyl (C=O) groups excluding carboxylic acids is 2. The van der Waals surface area contributed by atoms with Crippen molar-refractivity contribution >= 4 is 19.7 Å². The van der Waals surface area contributed by atoms with Crippen LogP contribution in [0.3, 0.4) is 0 Å². The monoisotopic (exact) mass is 1070 g/mol. The molecule has 2 N–H and O–H groups in total. The number of nitrogens with zero attached hydrogens (tertiary/aromatic N) is 1. The Morgan fingerprint density at radius 3 is 1.25 bits per heavy atom. The number of likely N-dealkylation sites (N-methyl/N-ethyl adjacent to an activating group) is 1. The van der Waals surface area contributed by atoms with Gasteiger partial charge in [-0.05, 0) is 109 Å². The lowest BCUT2D eigenvalue weighted by Crippen LogP contribution is -2.47. The lowest BCUT2D eigenvalue weighted by atomic mass is 10.0. The van der Waals surface area contributed by atoms with Gasteiger partial charge in [0.2, 0.25) is 5.91 Å². The van der Waals surface area contributed by atoms with Crippen LogP contribution in [-0.4, -0.2) is 74.3 Å². The zero-order chi connectivity index (χ0) is 55.0. The summed E-state index contributed by atoms with van der Waals surface area (Å²) in [6, 6.07) is -0.872. The fraction of sp³-hybridized carbons (Fsp3) is 0.754. The first-order valence-corrected chi connectivity index (χ1v) is 32.4. The molecule has 0 aliphatic heterocycles. The van der Waals surface area contributed by atoms with E-state index in [1.165, 1.54) is 128 Å². The maximum Gasteiger partial charge on any atom is 0.472 e. The van der Waals surface area contributed by atoms with Gasteiger partial charge in [-0.3, -0.25) is 18.6 Å². The van der Waals surface area contributed by atoms with Crippen LogP contribution in [-0.2, 0) is 27.9 Å². The Kier molecular flexibility index (Phi) is 52.5. The summed E-state index contributed by atoms with van der Waals surface area (Å²) >= 11 is 0. The fourth-order valence-electron chi connectivity index (χ4n) is 8.48. The number of esters is 1. The number of rotatable bonds is 55. The molecule has 0 bridgehead atoms. The van der Waals surface area contributed by atoms with Gasteiger partial charge in [0.05, 0.1) is 33.8 Å². The van der Waals surface area contributed by atoms with Crippen LogP contribution in [0, 0.1) is 0 Å². The summed E-state index contributed by atoms with van der Waals surface area (Å²) in [7, 11) is 1.46. The predicted octanol–water partition coefficient (Wildman–Crippen LogP) is 19.0. The van der Waals surface area contributed by atoms with Crippen LogP contribution in [0.15, 0.2) is 85.1 Å². The van der Waals surface area contributed by atoms with E-state index in [0.717, 1.165) is 96.3 Å². The van der Waals surface area contributed by atoms with Crippen molar-refractivity contribution in [2.24, 2.45) is 0 Å². The number of nitrogens with one attached hydrogen (secondary N) is 1. The highest BCUT2D eigenvalue weighted by molar-refractivity contribution is 7.47. The van der Waals surface area contributed by atoms with Gasteiger partial charge in [0.1, 0.15) is 19.3 Å². The zero-order valence-electron chi connectivity index (χ0n) is 49.5. The summed E-state index contributed by atoms with van der Waals surface area (Å²) in [5.41, 5.74) is 0. The number of unbranched alkanes of at least 4 members (excludes halogenated alkanes) is 27. The van der Waals surface area contributed by atoms with Crippen molar-refractivity contribution in [3.63, 3.8) is 0 Å². The van der Waals surface area contributed by atoms with Gasteiger partial charge in [-0.2, -0.15) is 0 Å². The molecule has 0 aromatic carbocycles. The molecule has 0 saturated heterocycles. The van der Waals surface area contributed by atoms with E-state index < -0.39 is 20.0 Å². The standard InChI is InChI=1S/C65H117N2O7P/c1-7-10-13-16-19-22-25-28-30-32-33-35-36-39-42-45-48-51-54-57-64(68)66-62(61-73-75(70,71)72-60-59-67(4,5)6)63(56-53-50-47-44-41-38-27-24-21-18-15-12-9-3)74-65(69)58-55-52-49-46-43-40-37-34-31-29-26-23-20-17-14-11-8-2/h19-20,22-23,28-31,33,35,39,42,53,56,62-63H,7-18,21,24-27,32,34,36-38,40-41,43-52,54-55,57-61H2,1-6H3,(H-,66,68,70,71)/p+1/b22-19-,23-20-,30-28-,31-29-,35-33-,42-39-,56-53+. The molecule has 10 heteroatoms. The third-order valence-corrected chi connectivity index (χ3v) is 14.3. The van der Waals surface area contributed by atoms with E-state index in [0.29, 0.717) is 23.9 Å². The summed E-state index contributed by atoms with van der Waals surface area (Å²) < 4.78 is 30.7. The summed E-state index contributed by atoms with van der Waals surface area (Å²) in [6.07, 6.45) is 71.4. The van der Waals surface area contributed by atoms with Crippen LogP contribution >= 0.6 is 7.82 Å². The van der Waals surface area contributed by atoms with Gasteiger partial charge in [0.25, 0.3) is 0 Å². The molecule has 0 radical (unpaired) electrons. The Morgan fingerprint density at radius 1 is 0.467 bits per heavy atom. The van der Waals surface area contributed by atoms with Gasteiger partial charge in [0, 0.05) is 12.8 Å². The minimum absolute atomic E-state index is 0.0291. The van der Waals surface area contributed by atoms with Crippen molar-refractivity contribution in [3.8, 4) is 0 Å². The summed E-state index contributed by atoms with van der Waals surface area (Å²) in [6.45, 7) is 6.93. The summed E-state index contributed by atoms with van der Waals surface area (Å²) in [5.74, 6) is -0.550. The van der Waals surface area contributed by atoms with Crippen LogP contribution in [0.2, 0.25) is 0 Å². The van der Waals surface area contributed by atoms with Crippen molar-refractivity contribution in [2.75, 3.05) is 40.9 Å². The lowest BCUT2D eigenvalue weighted by molar-refractivity contribution is -0.870. The molecule has 0 aliphatic rings. The number of hydrogen-bond donors (Lipinski definition) is 2. The van der Waals surface area contributed by atoms with Crippen LogP contribution in [0.5, 0.6) is 0 Å². The van der Waals surface area contributed by atoms with E-state index >= 15 is 0 Å². The molecule has 75 heavy (non-hydrogen) atoms. The maximum absolute atomic E-state index is 13.5. The predicted molar refractivity (Wildman–Crippen MR) is 323 cm³/mol. The molecule has 3 atom stereocenters. The second kappa shape index (κ2) is 54.5. The third kappa shape index (κ3) is 55.7. The summed E-state index contributed by atoms with van der Waals surface area (Å²) in [5, 5.41) is 3.04. The molecule has 3 unspecified atom stereocenters. The number of amides is 1. The lowest BCUT2D eigenvalue weighted by Gasteiger charge is -2.27. The van der Waals surface area contributed by atoms with E-state index in [4.69, 9.17) is 13.8 Å². The van der Waals surface area contributed by atoms with Crippen molar-refractivity contribution < 1.29 is 37.3 Å². The largest absolute Gasteiger partial charge is 0.472 e. The van der Waals surface area contributed by atoms with E-state index in [1.807, 2.05) is 33.3 Å². The van der Waals surface area contributed by atoms with E-state index in [-0.39, 0.29) is 31.5 Å². The molecule has 0 aliphatic carbocycles. The van der Waals surface area contributed by atoms with Crippen molar-refractivity contribution in [3.05, 3.63) is 85.1 Å². The molecule has 0 heterocycles. The molecule has 434 valence electrons. The smallest absolute Gasteiger partial charge is 0.456 e. The van der Waals surface area contributed by atoms with Crippen LogP contribution in [0.25, 0.3) is 0 Å². The highest BCUT2D eigenvalue weighted by Crippen LogP contribution is 2.43. The number of phosphoric ester groups is 1. The minimum Gasteiger partial charge on any atom is -0.456 e. The Labute approximate surface area is 463 Å². The molecule has 0 aromatic rings. The fourth-order valence-corrected chi connectivity index (χ4v) is 9.22. The number of ether oxygens (including phenoxy) is 1. The number of carbonyl (C=O) groups is 2. The zero-order valence-corrected chi connectivity index (χ0v) is 50.4. The van der Waals surface area contributed by atoms with Crippen LogP contribution in [0.4, 0.5) is 0 Å². The van der Waals surface area contributed by atoms with Crippen molar-refractivity contribution in [1.29, 1.82) is 0 Å². The van der Waals surface area contributed by atoms with Crippen molar-refractivity contribution in [1.82, 2.24) is 5.32 Å². The van der Waals surface area contributed by atoms with Crippen LogP contribution < -0.4 is 5.32 Å². The average molecular weight is 1070 g/mol. The van der Waals surface area contributed by atoms with Crippen molar-refractivity contribution in [2.45, 2.75) is 277 Å². The first-order chi connectivity index (χ1) is 36.4. The van der Waals surface area contributed by atoms with Gasteiger partial charge in [0.15, 0.2) is 0 Å². The molecule has 0 fully saturated rings. The van der Waals surface area contributed by atoms with Gasteiger partial charge in [-0.15, -0.1) is 0 Å². The Hall–Kier alpha value is -2.81. The maximum atomic E-state index is 13.5. The van der Waals surface area contributed by atoms with Gasteiger partial charge in [-0.1, -0.05) is 228 Å². The first kappa shape index (κ1) is 72.2. The number of allylic oxidation sites excluding steroid dienone is 13. The normalized spacial score (nSPS) is 14.3. The molecule has 9 nitrogen and oxygen atoms in total. The SMILES string of the molecule is CCCCC/C=C\C/C=C\C/C=C\C/C=C\CCCCCC(=O)NC(COP(=O)(O)OCC[N+](C)(C)C)C(/C=C/CCCCCCCCCCCCC)OC(=O)CCCCCCCCC/C=C\C/C=C\CCCCC. The molecular formula is C65H118N2O7P+. The second-order valence-corrected chi connectivity index (χ2v) is 23.3. The van der Waals surface area contributed by atoms with E-state index in [2.05, 4.69) is 99.0 Å². The molecule has 0 saturated carbocycles. The highest BCUT2D eigenvalue weighted by Gasteiger charge is 2.30.